The van der Waals surface area contributed by atoms with Gasteiger partial charge in [0, 0.05) is 17.1 Å². The third-order valence-electron chi connectivity index (χ3n) is 4.52. The van der Waals surface area contributed by atoms with Gasteiger partial charge in [-0.2, -0.15) is 0 Å². The summed E-state index contributed by atoms with van der Waals surface area (Å²) in [5.74, 6) is -2.21. The average molecular weight is 414 g/mol. The van der Waals surface area contributed by atoms with Crippen molar-refractivity contribution in [3.63, 3.8) is 0 Å². The number of ether oxygens (including phenoxy) is 1. The summed E-state index contributed by atoms with van der Waals surface area (Å²) in [5.41, 5.74) is 3.42. The van der Waals surface area contributed by atoms with E-state index in [0.29, 0.717) is 0 Å². The number of carbonyl (C=O) groups is 4. The van der Waals surface area contributed by atoms with Crippen molar-refractivity contribution in [1.29, 1.82) is 0 Å². The van der Waals surface area contributed by atoms with Crippen molar-refractivity contribution in [2.45, 2.75) is 13.8 Å². The van der Waals surface area contributed by atoms with Crippen molar-refractivity contribution >= 4 is 40.9 Å². The second-order valence-electron chi connectivity index (χ2n) is 6.36. The lowest BCUT2D eigenvalue weighted by atomic mass is 10.2. The smallest absolute Gasteiger partial charge is 0.335 e. The summed E-state index contributed by atoms with van der Waals surface area (Å²) in [7, 11) is 1.19. The lowest BCUT2D eigenvalue weighted by Gasteiger charge is -2.10. The van der Waals surface area contributed by atoms with Gasteiger partial charge in [-0.25, -0.2) is 4.79 Å². The Balaban J connectivity index is 1.92. The molecule has 0 atom stereocenters. The number of hydrogen-bond donors (Lipinski definition) is 1. The van der Waals surface area contributed by atoms with Gasteiger partial charge in [0.2, 0.25) is 0 Å². The number of carboxylic acids is 1. The molecule has 0 aliphatic carbocycles. The Morgan fingerprint density at radius 2 is 1.83 bits per heavy atom. The van der Waals surface area contributed by atoms with Crippen molar-refractivity contribution in [2.75, 3.05) is 13.7 Å². The predicted octanol–water partition coefficient (Wildman–Crippen LogP) is 3.00. The fraction of sp³-hybridized carbons (Fsp3) is 0.200. The molecule has 29 heavy (non-hydrogen) atoms. The van der Waals surface area contributed by atoms with Crippen molar-refractivity contribution in [3.05, 3.63) is 57.8 Å². The monoisotopic (exact) mass is 414 g/mol. The number of nitrogens with zero attached hydrogens (tertiary/aromatic N) is 2. The predicted molar refractivity (Wildman–Crippen MR) is 107 cm³/mol. The van der Waals surface area contributed by atoms with Crippen LogP contribution in [-0.4, -0.2) is 51.3 Å². The van der Waals surface area contributed by atoms with Gasteiger partial charge in [-0.1, -0.05) is 0 Å². The first-order valence-electron chi connectivity index (χ1n) is 8.57. The number of methoxy groups -OCH3 is 1. The number of thioether (sulfide) groups is 1. The zero-order valence-corrected chi connectivity index (χ0v) is 16.8. The molecular formula is C20H18N2O6S. The van der Waals surface area contributed by atoms with Crippen LogP contribution in [0.5, 0.6) is 0 Å². The molecule has 1 aliphatic heterocycles. The Hall–Kier alpha value is -3.33. The molecule has 2 heterocycles. The van der Waals surface area contributed by atoms with Gasteiger partial charge in [-0.15, -0.1) is 0 Å². The van der Waals surface area contributed by atoms with Gasteiger partial charge < -0.3 is 14.4 Å². The van der Waals surface area contributed by atoms with Gasteiger partial charge in [0.1, 0.15) is 6.54 Å². The van der Waals surface area contributed by atoms with Crippen LogP contribution in [0.3, 0.4) is 0 Å². The summed E-state index contributed by atoms with van der Waals surface area (Å²) >= 11 is 0.770. The minimum absolute atomic E-state index is 0.190. The number of carbonyl (C=O) groups excluding carboxylic acids is 3. The molecule has 3 rings (SSSR count). The van der Waals surface area contributed by atoms with Gasteiger partial charge in [0.25, 0.3) is 11.1 Å². The highest BCUT2D eigenvalue weighted by Gasteiger charge is 2.36. The van der Waals surface area contributed by atoms with E-state index in [9.17, 15) is 19.2 Å². The number of esters is 1. The van der Waals surface area contributed by atoms with E-state index in [4.69, 9.17) is 5.11 Å². The van der Waals surface area contributed by atoms with E-state index in [1.165, 1.54) is 19.2 Å². The van der Waals surface area contributed by atoms with E-state index in [-0.39, 0.29) is 10.5 Å². The molecule has 1 aliphatic rings. The Morgan fingerprint density at radius 1 is 1.17 bits per heavy atom. The third-order valence-corrected chi connectivity index (χ3v) is 5.43. The van der Waals surface area contributed by atoms with E-state index >= 15 is 0 Å². The number of aromatic carboxylic acids is 1. The van der Waals surface area contributed by atoms with Crippen molar-refractivity contribution in [2.24, 2.45) is 0 Å². The van der Waals surface area contributed by atoms with Crippen LogP contribution in [0.1, 0.15) is 27.3 Å². The van der Waals surface area contributed by atoms with Gasteiger partial charge in [-0.3, -0.25) is 19.3 Å². The summed E-state index contributed by atoms with van der Waals surface area (Å²) < 4.78 is 6.45. The van der Waals surface area contributed by atoms with Crippen molar-refractivity contribution in [1.82, 2.24) is 9.47 Å². The number of amides is 2. The SMILES string of the molecule is COC(=O)CN1C(=O)S/C(=C/c2cc(C)n(-c3ccc(C(=O)O)cc3)c2C)C1=O. The molecule has 1 N–H and O–H groups in total. The fourth-order valence-electron chi connectivity index (χ4n) is 3.06. The van der Waals surface area contributed by atoms with Crippen LogP contribution in [0.15, 0.2) is 35.2 Å². The quantitative estimate of drug-likeness (QED) is 0.592. The maximum atomic E-state index is 12.5. The van der Waals surface area contributed by atoms with Crippen LogP contribution in [0, 0.1) is 13.8 Å². The number of aromatic nitrogens is 1. The van der Waals surface area contributed by atoms with Gasteiger partial charge in [-0.05, 0) is 67.6 Å². The molecule has 1 aromatic carbocycles. The molecule has 8 nitrogen and oxygen atoms in total. The van der Waals surface area contributed by atoms with E-state index in [1.807, 2.05) is 24.5 Å². The summed E-state index contributed by atoms with van der Waals surface area (Å²) in [6.07, 6.45) is 1.62. The summed E-state index contributed by atoms with van der Waals surface area (Å²) in [6.45, 7) is 3.33. The van der Waals surface area contributed by atoms with E-state index in [2.05, 4.69) is 4.74 Å². The standard InChI is InChI=1S/C20H18N2O6S/c1-11-8-14(9-16-18(24)21(20(27)29-16)10-17(23)28-3)12(2)22(11)15-6-4-13(5-7-15)19(25)26/h4-9H,10H2,1-3H3,(H,25,26)/b16-9+. The summed E-state index contributed by atoms with van der Waals surface area (Å²) in [5, 5.41) is 8.52. The Labute approximate surface area is 170 Å². The molecule has 2 amide bonds. The zero-order chi connectivity index (χ0) is 21.3. The summed E-state index contributed by atoms with van der Waals surface area (Å²) in [4.78, 5) is 48.1. The maximum Gasteiger partial charge on any atom is 0.335 e. The highest BCUT2D eigenvalue weighted by molar-refractivity contribution is 8.18. The highest BCUT2D eigenvalue weighted by atomic mass is 32.2. The normalized spacial score (nSPS) is 15.3. The van der Waals surface area contributed by atoms with E-state index < -0.39 is 29.6 Å². The van der Waals surface area contributed by atoms with Crippen LogP contribution in [0.2, 0.25) is 0 Å². The molecule has 0 bridgehead atoms. The molecule has 1 fully saturated rings. The molecular weight excluding hydrogens is 396 g/mol. The molecule has 150 valence electrons. The number of benzene rings is 1. The first-order chi connectivity index (χ1) is 13.7. The number of aryl methyl sites for hydroxylation is 1. The van der Waals surface area contributed by atoms with E-state index in [1.54, 1.807) is 18.2 Å². The molecule has 9 heteroatoms. The van der Waals surface area contributed by atoms with Crippen LogP contribution >= 0.6 is 11.8 Å². The molecule has 0 radical (unpaired) electrons. The molecule has 1 saturated heterocycles. The first kappa shape index (κ1) is 20.4. The topological polar surface area (TPSA) is 106 Å². The minimum atomic E-state index is -0.999. The van der Waals surface area contributed by atoms with Gasteiger partial charge in [0.15, 0.2) is 0 Å². The number of carboxylic acid groups (broad SMARTS) is 1. The Morgan fingerprint density at radius 3 is 2.41 bits per heavy atom. The number of rotatable bonds is 5. The zero-order valence-electron chi connectivity index (χ0n) is 16.0. The third kappa shape index (κ3) is 3.95. The highest BCUT2D eigenvalue weighted by Crippen LogP contribution is 2.33. The Kier molecular flexibility index (Phi) is 5.60. The molecule has 0 unspecified atom stereocenters. The lowest BCUT2D eigenvalue weighted by Crippen LogP contribution is -2.34. The second kappa shape index (κ2) is 7.96. The second-order valence-corrected chi connectivity index (χ2v) is 7.35. The van der Waals surface area contributed by atoms with Crippen LogP contribution in [-0.2, 0) is 14.3 Å². The van der Waals surface area contributed by atoms with Crippen LogP contribution in [0.25, 0.3) is 11.8 Å². The number of hydrogen-bond acceptors (Lipinski definition) is 6. The minimum Gasteiger partial charge on any atom is -0.478 e. The fourth-order valence-corrected chi connectivity index (χ4v) is 3.88. The Bertz CT molecular complexity index is 1050. The molecule has 2 aromatic rings. The first-order valence-corrected chi connectivity index (χ1v) is 9.39. The lowest BCUT2D eigenvalue weighted by molar-refractivity contribution is -0.143. The van der Waals surface area contributed by atoms with Crippen LogP contribution < -0.4 is 0 Å². The van der Waals surface area contributed by atoms with E-state index in [0.717, 1.165) is 39.3 Å². The summed E-state index contributed by atoms with van der Waals surface area (Å²) in [6, 6.07) is 8.33. The van der Waals surface area contributed by atoms with Crippen molar-refractivity contribution < 1.29 is 29.0 Å². The van der Waals surface area contributed by atoms with Gasteiger partial charge >= 0.3 is 11.9 Å². The van der Waals surface area contributed by atoms with Crippen molar-refractivity contribution in [3.8, 4) is 5.69 Å². The molecule has 1 aromatic heterocycles. The molecule has 0 saturated carbocycles. The maximum absolute atomic E-state index is 12.5. The largest absolute Gasteiger partial charge is 0.478 e. The average Bonchev–Trinajstić information content (AvgIpc) is 3.11. The van der Waals surface area contributed by atoms with Crippen LogP contribution in [0.4, 0.5) is 4.79 Å². The number of imide groups is 1. The van der Waals surface area contributed by atoms with Gasteiger partial charge in [0.05, 0.1) is 17.6 Å². The molecule has 0 spiro atoms.